The summed E-state index contributed by atoms with van der Waals surface area (Å²) in [6, 6.07) is 6.56. The van der Waals surface area contributed by atoms with Crippen LogP contribution in [0.2, 0.25) is 0 Å². The minimum absolute atomic E-state index is 0.320. The van der Waals surface area contributed by atoms with E-state index in [4.69, 9.17) is 0 Å². The summed E-state index contributed by atoms with van der Waals surface area (Å²) in [6.45, 7) is 5.20. The SMILES string of the molecule is CCNC(CC)CCCS(=O)c1cccc(F)c1. The molecule has 0 bridgehead atoms. The van der Waals surface area contributed by atoms with E-state index in [1.165, 1.54) is 12.1 Å². The van der Waals surface area contributed by atoms with Gasteiger partial charge in [0.25, 0.3) is 0 Å². The van der Waals surface area contributed by atoms with E-state index in [0.717, 1.165) is 25.8 Å². The second kappa shape index (κ2) is 8.38. The molecular formula is C14H22FNOS. The van der Waals surface area contributed by atoms with Crippen molar-refractivity contribution >= 4 is 10.8 Å². The quantitative estimate of drug-likeness (QED) is 0.787. The Bertz CT molecular complexity index is 384. The molecule has 0 radical (unpaired) electrons. The molecule has 2 atom stereocenters. The molecule has 0 amide bonds. The molecule has 0 aromatic heterocycles. The fourth-order valence-electron chi connectivity index (χ4n) is 1.93. The van der Waals surface area contributed by atoms with Gasteiger partial charge in [-0.2, -0.15) is 0 Å². The molecule has 0 spiro atoms. The van der Waals surface area contributed by atoms with E-state index in [9.17, 15) is 8.60 Å². The Kier molecular flexibility index (Phi) is 7.13. The number of rotatable bonds is 8. The normalized spacial score (nSPS) is 14.4. The van der Waals surface area contributed by atoms with Gasteiger partial charge in [-0.1, -0.05) is 19.9 Å². The molecular weight excluding hydrogens is 249 g/mol. The van der Waals surface area contributed by atoms with Crippen molar-refractivity contribution in [2.24, 2.45) is 0 Å². The van der Waals surface area contributed by atoms with Gasteiger partial charge in [-0.05, 0) is 44.0 Å². The predicted octanol–water partition coefficient (Wildman–Crippen LogP) is 3.10. The van der Waals surface area contributed by atoms with Crippen LogP contribution in [0.15, 0.2) is 29.2 Å². The molecule has 1 rings (SSSR count). The highest BCUT2D eigenvalue weighted by molar-refractivity contribution is 7.85. The predicted molar refractivity (Wildman–Crippen MR) is 74.7 cm³/mol. The summed E-state index contributed by atoms with van der Waals surface area (Å²) in [5.74, 6) is 0.283. The fourth-order valence-corrected chi connectivity index (χ4v) is 3.07. The van der Waals surface area contributed by atoms with Crippen LogP contribution in [0.1, 0.15) is 33.1 Å². The number of hydrogen-bond donors (Lipinski definition) is 1. The summed E-state index contributed by atoms with van der Waals surface area (Å²) in [4.78, 5) is 0.589. The number of halogens is 1. The third-order valence-electron chi connectivity index (χ3n) is 2.93. The Balaban J connectivity index is 2.37. The smallest absolute Gasteiger partial charge is 0.124 e. The zero-order valence-corrected chi connectivity index (χ0v) is 11.9. The van der Waals surface area contributed by atoms with Crippen LogP contribution in [-0.2, 0) is 10.8 Å². The molecule has 0 aliphatic rings. The van der Waals surface area contributed by atoms with Crippen LogP contribution in [0.4, 0.5) is 4.39 Å². The third kappa shape index (κ3) is 5.27. The molecule has 2 nitrogen and oxygen atoms in total. The zero-order valence-electron chi connectivity index (χ0n) is 11.1. The monoisotopic (exact) mass is 271 g/mol. The third-order valence-corrected chi connectivity index (χ3v) is 4.37. The molecule has 18 heavy (non-hydrogen) atoms. The summed E-state index contributed by atoms with van der Waals surface area (Å²) in [7, 11) is -1.08. The van der Waals surface area contributed by atoms with Crippen LogP contribution in [0.25, 0.3) is 0 Å². The Labute approximate surface area is 111 Å². The maximum atomic E-state index is 13.0. The van der Waals surface area contributed by atoms with Crippen molar-refractivity contribution in [3.05, 3.63) is 30.1 Å². The summed E-state index contributed by atoms with van der Waals surface area (Å²) < 4.78 is 24.9. The van der Waals surface area contributed by atoms with Gasteiger partial charge < -0.3 is 5.32 Å². The molecule has 2 unspecified atom stereocenters. The summed E-state index contributed by atoms with van der Waals surface area (Å²) in [6.07, 6.45) is 3.00. The summed E-state index contributed by atoms with van der Waals surface area (Å²) >= 11 is 0. The molecule has 0 fully saturated rings. The van der Waals surface area contributed by atoms with Gasteiger partial charge in [0.1, 0.15) is 5.82 Å². The Morgan fingerprint density at radius 3 is 2.78 bits per heavy atom. The van der Waals surface area contributed by atoms with Crippen molar-refractivity contribution in [1.29, 1.82) is 0 Å². The molecule has 0 heterocycles. The van der Waals surface area contributed by atoms with Crippen molar-refractivity contribution in [2.45, 2.75) is 44.0 Å². The Morgan fingerprint density at radius 2 is 2.17 bits per heavy atom. The highest BCUT2D eigenvalue weighted by Gasteiger charge is 2.08. The van der Waals surface area contributed by atoms with Gasteiger partial charge in [-0.15, -0.1) is 0 Å². The first-order valence-electron chi connectivity index (χ1n) is 6.54. The lowest BCUT2D eigenvalue weighted by Gasteiger charge is -2.15. The van der Waals surface area contributed by atoms with Crippen LogP contribution in [0.3, 0.4) is 0 Å². The van der Waals surface area contributed by atoms with E-state index >= 15 is 0 Å². The Morgan fingerprint density at radius 1 is 1.39 bits per heavy atom. The van der Waals surface area contributed by atoms with Gasteiger partial charge in [0.05, 0.1) is 10.8 Å². The first-order chi connectivity index (χ1) is 8.67. The standard InChI is InChI=1S/C14H22FNOS/c1-3-13(16-4-2)8-6-10-18(17)14-9-5-7-12(15)11-14/h5,7,9,11,13,16H,3-4,6,8,10H2,1-2H3. The number of hydrogen-bond acceptors (Lipinski definition) is 2. The van der Waals surface area contributed by atoms with E-state index < -0.39 is 10.8 Å². The maximum absolute atomic E-state index is 13.0. The minimum Gasteiger partial charge on any atom is -0.314 e. The molecule has 1 aromatic carbocycles. The second-order valence-electron chi connectivity index (χ2n) is 4.31. The molecule has 0 aliphatic carbocycles. The molecule has 0 saturated carbocycles. The van der Waals surface area contributed by atoms with Gasteiger partial charge in [-0.3, -0.25) is 4.21 Å². The van der Waals surface area contributed by atoms with E-state index in [-0.39, 0.29) is 5.82 Å². The van der Waals surface area contributed by atoms with Crippen molar-refractivity contribution < 1.29 is 8.60 Å². The highest BCUT2D eigenvalue weighted by Crippen LogP contribution is 2.11. The average molecular weight is 271 g/mol. The molecule has 4 heteroatoms. The van der Waals surface area contributed by atoms with Crippen molar-refractivity contribution in [3.8, 4) is 0 Å². The second-order valence-corrected chi connectivity index (χ2v) is 5.88. The van der Waals surface area contributed by atoms with E-state index in [1.54, 1.807) is 12.1 Å². The lowest BCUT2D eigenvalue weighted by Crippen LogP contribution is -2.28. The van der Waals surface area contributed by atoms with Gasteiger partial charge >= 0.3 is 0 Å². The van der Waals surface area contributed by atoms with Crippen LogP contribution in [-0.4, -0.2) is 22.5 Å². The van der Waals surface area contributed by atoms with Crippen LogP contribution in [0, 0.1) is 5.82 Å². The number of nitrogens with one attached hydrogen (secondary N) is 1. The zero-order chi connectivity index (χ0) is 13.4. The largest absolute Gasteiger partial charge is 0.314 e. The molecule has 0 aliphatic heterocycles. The number of benzene rings is 1. The molecule has 1 N–H and O–H groups in total. The highest BCUT2D eigenvalue weighted by atomic mass is 32.2. The lowest BCUT2D eigenvalue weighted by atomic mass is 10.1. The average Bonchev–Trinajstić information content (AvgIpc) is 2.37. The van der Waals surface area contributed by atoms with E-state index in [2.05, 4.69) is 19.2 Å². The Hall–Kier alpha value is -0.740. The molecule has 1 aromatic rings. The van der Waals surface area contributed by atoms with Gasteiger partial charge in [0, 0.05) is 16.7 Å². The fraction of sp³-hybridized carbons (Fsp3) is 0.571. The van der Waals surface area contributed by atoms with E-state index in [1.807, 2.05) is 0 Å². The van der Waals surface area contributed by atoms with Crippen LogP contribution in [0.5, 0.6) is 0 Å². The first-order valence-corrected chi connectivity index (χ1v) is 7.86. The van der Waals surface area contributed by atoms with Gasteiger partial charge in [0.2, 0.25) is 0 Å². The maximum Gasteiger partial charge on any atom is 0.124 e. The van der Waals surface area contributed by atoms with Crippen LogP contribution >= 0.6 is 0 Å². The topological polar surface area (TPSA) is 29.1 Å². The first kappa shape index (κ1) is 15.3. The summed E-state index contributed by atoms with van der Waals surface area (Å²) in [5.41, 5.74) is 0. The molecule has 102 valence electrons. The molecule has 0 saturated heterocycles. The van der Waals surface area contributed by atoms with E-state index in [0.29, 0.717) is 16.7 Å². The van der Waals surface area contributed by atoms with Crippen molar-refractivity contribution in [2.75, 3.05) is 12.3 Å². The van der Waals surface area contributed by atoms with Crippen LogP contribution < -0.4 is 5.32 Å². The van der Waals surface area contributed by atoms with Gasteiger partial charge in [0.15, 0.2) is 0 Å². The van der Waals surface area contributed by atoms with Crippen molar-refractivity contribution in [1.82, 2.24) is 5.32 Å². The lowest BCUT2D eigenvalue weighted by molar-refractivity contribution is 0.476. The van der Waals surface area contributed by atoms with Crippen molar-refractivity contribution in [3.63, 3.8) is 0 Å². The minimum atomic E-state index is -1.08. The summed E-state index contributed by atoms with van der Waals surface area (Å²) in [5, 5.41) is 3.40. The van der Waals surface area contributed by atoms with Gasteiger partial charge in [-0.25, -0.2) is 4.39 Å².